The number of nitrogens with zero attached hydrogens (tertiary/aromatic N) is 2. The van der Waals surface area contributed by atoms with E-state index < -0.39 is 17.6 Å². The molecule has 8 heteroatoms. The van der Waals surface area contributed by atoms with Crippen molar-refractivity contribution in [3.05, 3.63) is 70.2 Å². The number of nitriles is 1. The first-order valence-corrected chi connectivity index (χ1v) is 8.56. The van der Waals surface area contributed by atoms with Gasteiger partial charge in [0, 0.05) is 11.3 Å². The average Bonchev–Trinajstić information content (AvgIpc) is 3.03. The molecule has 3 aromatic rings. The highest BCUT2D eigenvalue weighted by atomic mass is 32.1. The van der Waals surface area contributed by atoms with Crippen molar-refractivity contribution in [2.24, 2.45) is 0 Å². The summed E-state index contributed by atoms with van der Waals surface area (Å²) in [6, 6.07) is 13.1. The van der Waals surface area contributed by atoms with Gasteiger partial charge in [0.15, 0.2) is 0 Å². The molecule has 0 saturated heterocycles. The quantitative estimate of drug-likeness (QED) is 0.667. The Kier molecular flexibility index (Phi) is 4.97. The lowest BCUT2D eigenvalue weighted by Crippen LogP contribution is -2.11. The predicted octanol–water partition coefficient (Wildman–Crippen LogP) is 5.26. The molecule has 2 aromatic carbocycles. The molecule has 0 atom stereocenters. The Labute approximate surface area is 156 Å². The van der Waals surface area contributed by atoms with E-state index in [1.807, 2.05) is 6.07 Å². The summed E-state index contributed by atoms with van der Waals surface area (Å²) in [6.45, 7) is 1.66. The van der Waals surface area contributed by atoms with Crippen LogP contribution in [0.1, 0.15) is 26.5 Å². The first kappa shape index (κ1) is 18.6. The zero-order valence-electron chi connectivity index (χ0n) is 14.0. The highest BCUT2D eigenvalue weighted by molar-refractivity contribution is 7.17. The summed E-state index contributed by atoms with van der Waals surface area (Å²) in [6.07, 6.45) is -4.40. The van der Waals surface area contributed by atoms with Crippen LogP contribution in [-0.2, 0) is 6.18 Å². The number of aromatic nitrogens is 1. The Balaban J connectivity index is 1.83. The molecule has 0 saturated carbocycles. The van der Waals surface area contributed by atoms with Gasteiger partial charge in [-0.25, -0.2) is 4.98 Å². The van der Waals surface area contributed by atoms with E-state index in [1.165, 1.54) is 12.1 Å². The first-order valence-electron chi connectivity index (χ1n) is 7.74. The topological polar surface area (TPSA) is 65.8 Å². The predicted molar refractivity (Wildman–Crippen MR) is 96.4 cm³/mol. The number of benzene rings is 2. The summed E-state index contributed by atoms with van der Waals surface area (Å²) in [7, 11) is 0. The van der Waals surface area contributed by atoms with Crippen molar-refractivity contribution in [1.82, 2.24) is 4.98 Å². The second-order valence-electron chi connectivity index (χ2n) is 5.66. The molecule has 0 bridgehead atoms. The van der Waals surface area contributed by atoms with Gasteiger partial charge in [0.05, 0.1) is 22.9 Å². The minimum absolute atomic E-state index is 0.354. The van der Waals surface area contributed by atoms with Crippen LogP contribution in [0.4, 0.5) is 18.9 Å². The third kappa shape index (κ3) is 4.15. The van der Waals surface area contributed by atoms with Gasteiger partial charge in [0.25, 0.3) is 5.91 Å². The smallest absolute Gasteiger partial charge is 0.321 e. The third-order valence-electron chi connectivity index (χ3n) is 3.71. The largest absolute Gasteiger partial charge is 0.416 e. The number of halogens is 3. The van der Waals surface area contributed by atoms with Crippen molar-refractivity contribution < 1.29 is 18.0 Å². The molecule has 0 radical (unpaired) electrons. The summed E-state index contributed by atoms with van der Waals surface area (Å²) < 4.78 is 38.0. The molecule has 1 heterocycles. The Bertz CT molecular complexity index is 1030. The second kappa shape index (κ2) is 7.21. The van der Waals surface area contributed by atoms with E-state index in [0.29, 0.717) is 32.4 Å². The SMILES string of the molecule is Cc1nc(-c2ccc(C(F)(F)F)cc2)sc1C(=O)Nc1cccc(C#N)c1. The Morgan fingerprint density at radius 1 is 1.19 bits per heavy atom. The highest BCUT2D eigenvalue weighted by Crippen LogP contribution is 2.33. The number of alkyl halides is 3. The van der Waals surface area contributed by atoms with Crippen molar-refractivity contribution in [1.29, 1.82) is 5.26 Å². The van der Waals surface area contributed by atoms with E-state index in [9.17, 15) is 18.0 Å². The summed E-state index contributed by atoms with van der Waals surface area (Å²) in [4.78, 5) is 17.1. The summed E-state index contributed by atoms with van der Waals surface area (Å²) in [5.41, 5.74) is 1.13. The standard InChI is InChI=1S/C19H12F3N3OS/c1-11-16(17(26)25-15-4-2-3-12(9-15)10-23)27-18(24-11)13-5-7-14(8-6-13)19(20,21)22/h2-9H,1H3,(H,25,26). The average molecular weight is 387 g/mol. The van der Waals surface area contributed by atoms with Crippen LogP contribution in [-0.4, -0.2) is 10.9 Å². The maximum atomic E-state index is 12.7. The fourth-order valence-electron chi connectivity index (χ4n) is 2.39. The number of carbonyl (C=O) groups excluding carboxylic acids is 1. The molecule has 0 unspecified atom stereocenters. The third-order valence-corrected chi connectivity index (χ3v) is 4.92. The lowest BCUT2D eigenvalue weighted by atomic mass is 10.1. The molecule has 1 amide bonds. The van der Waals surface area contributed by atoms with Gasteiger partial charge in [0.2, 0.25) is 0 Å². The summed E-state index contributed by atoms with van der Waals surface area (Å²) >= 11 is 1.09. The van der Waals surface area contributed by atoms with Gasteiger partial charge in [-0.05, 0) is 37.3 Å². The molecule has 3 rings (SSSR count). The van der Waals surface area contributed by atoms with E-state index in [0.717, 1.165) is 23.5 Å². The second-order valence-corrected chi connectivity index (χ2v) is 6.65. The molecule has 27 heavy (non-hydrogen) atoms. The van der Waals surface area contributed by atoms with E-state index >= 15 is 0 Å². The van der Waals surface area contributed by atoms with Crippen LogP contribution in [0.2, 0.25) is 0 Å². The number of thiazole rings is 1. The van der Waals surface area contributed by atoms with Gasteiger partial charge < -0.3 is 5.32 Å². The van der Waals surface area contributed by atoms with Crippen LogP contribution in [0.15, 0.2) is 48.5 Å². The van der Waals surface area contributed by atoms with Crippen molar-refractivity contribution in [3.8, 4) is 16.6 Å². The van der Waals surface area contributed by atoms with Crippen molar-refractivity contribution in [2.75, 3.05) is 5.32 Å². The Morgan fingerprint density at radius 2 is 1.89 bits per heavy atom. The zero-order valence-corrected chi connectivity index (χ0v) is 14.8. The van der Waals surface area contributed by atoms with Crippen LogP contribution in [0.25, 0.3) is 10.6 Å². The molecule has 4 nitrogen and oxygen atoms in total. The molecule has 0 fully saturated rings. The monoisotopic (exact) mass is 387 g/mol. The van der Waals surface area contributed by atoms with Crippen LogP contribution in [0.5, 0.6) is 0 Å². The number of anilines is 1. The molecule has 1 N–H and O–H groups in total. The van der Waals surface area contributed by atoms with E-state index in [-0.39, 0.29) is 0 Å². The van der Waals surface area contributed by atoms with E-state index in [4.69, 9.17) is 5.26 Å². The highest BCUT2D eigenvalue weighted by Gasteiger charge is 2.30. The van der Waals surface area contributed by atoms with Gasteiger partial charge >= 0.3 is 6.18 Å². The van der Waals surface area contributed by atoms with Gasteiger partial charge in [-0.15, -0.1) is 11.3 Å². The lowest BCUT2D eigenvalue weighted by molar-refractivity contribution is -0.137. The number of hydrogen-bond acceptors (Lipinski definition) is 4. The van der Waals surface area contributed by atoms with Crippen molar-refractivity contribution >= 4 is 22.9 Å². The maximum absolute atomic E-state index is 12.7. The fourth-order valence-corrected chi connectivity index (χ4v) is 3.35. The Morgan fingerprint density at radius 3 is 2.52 bits per heavy atom. The molecule has 0 spiro atoms. The van der Waals surface area contributed by atoms with Crippen molar-refractivity contribution in [2.45, 2.75) is 13.1 Å². The number of rotatable bonds is 3. The van der Waals surface area contributed by atoms with Crippen molar-refractivity contribution in [3.63, 3.8) is 0 Å². The number of amides is 1. The van der Waals surface area contributed by atoms with Gasteiger partial charge in [-0.3, -0.25) is 4.79 Å². The van der Waals surface area contributed by atoms with Crippen LogP contribution < -0.4 is 5.32 Å². The zero-order chi connectivity index (χ0) is 19.6. The number of carbonyl (C=O) groups is 1. The minimum atomic E-state index is -4.40. The van der Waals surface area contributed by atoms with Crippen LogP contribution in [0.3, 0.4) is 0 Å². The number of aryl methyl sites for hydroxylation is 1. The minimum Gasteiger partial charge on any atom is -0.321 e. The molecule has 1 aromatic heterocycles. The molecular formula is C19H12F3N3OS. The van der Waals surface area contributed by atoms with Crippen LogP contribution >= 0.6 is 11.3 Å². The van der Waals surface area contributed by atoms with Gasteiger partial charge in [-0.2, -0.15) is 18.4 Å². The van der Waals surface area contributed by atoms with Gasteiger partial charge in [-0.1, -0.05) is 18.2 Å². The van der Waals surface area contributed by atoms with Crippen LogP contribution in [0, 0.1) is 18.3 Å². The maximum Gasteiger partial charge on any atom is 0.416 e. The number of hydrogen-bond donors (Lipinski definition) is 1. The lowest BCUT2D eigenvalue weighted by Gasteiger charge is -2.06. The molecule has 136 valence electrons. The summed E-state index contributed by atoms with van der Waals surface area (Å²) in [5.74, 6) is -0.391. The van der Waals surface area contributed by atoms with E-state index in [2.05, 4.69) is 10.3 Å². The molecule has 0 aliphatic carbocycles. The van der Waals surface area contributed by atoms with Gasteiger partial charge in [0.1, 0.15) is 9.88 Å². The van der Waals surface area contributed by atoms with E-state index in [1.54, 1.807) is 31.2 Å². The fraction of sp³-hybridized carbons (Fsp3) is 0.105. The molecule has 0 aliphatic rings. The molecule has 0 aliphatic heterocycles. The normalized spacial score (nSPS) is 11.1. The first-order chi connectivity index (χ1) is 12.8. The molecular weight excluding hydrogens is 375 g/mol. The Hall–Kier alpha value is -3.18. The summed E-state index contributed by atoms with van der Waals surface area (Å²) in [5, 5.41) is 12.1. The number of nitrogens with one attached hydrogen (secondary N) is 1.